The molecule has 4 aromatic carbocycles. The summed E-state index contributed by atoms with van der Waals surface area (Å²) in [6.45, 7) is 6.15. The maximum absolute atomic E-state index is 13.9. The Hall–Kier alpha value is -5.39. The fourth-order valence-electron chi connectivity index (χ4n) is 5.84. The van der Waals surface area contributed by atoms with Crippen molar-refractivity contribution in [2.45, 2.75) is 31.7 Å². The van der Waals surface area contributed by atoms with E-state index in [1.54, 1.807) is 41.3 Å². The molecule has 5 rings (SSSR count). The smallest absolute Gasteiger partial charge is 0.416 e. The fraction of sp³-hybridized carbons (Fsp3) is 0.231. The molecule has 260 valence electrons. The van der Waals surface area contributed by atoms with Gasteiger partial charge >= 0.3 is 12.1 Å². The van der Waals surface area contributed by atoms with E-state index in [1.165, 1.54) is 18.2 Å². The molecule has 5 N–H and O–H groups in total. The lowest BCUT2D eigenvalue weighted by Gasteiger charge is -2.25. The van der Waals surface area contributed by atoms with Crippen LogP contribution in [0.5, 0.6) is 0 Å². The number of esters is 1. The van der Waals surface area contributed by atoms with E-state index in [4.69, 9.17) is 16.2 Å². The molecule has 0 aliphatic carbocycles. The molecule has 0 unspecified atom stereocenters. The number of nitrogens with two attached hydrogens (primary N) is 2. The van der Waals surface area contributed by atoms with Gasteiger partial charge in [0.15, 0.2) is 0 Å². The monoisotopic (exact) mass is 683 g/mol. The van der Waals surface area contributed by atoms with E-state index in [-0.39, 0.29) is 24.7 Å². The van der Waals surface area contributed by atoms with Gasteiger partial charge in [0.25, 0.3) is 5.91 Å². The van der Waals surface area contributed by atoms with Crippen LogP contribution in [-0.2, 0) is 28.8 Å². The molecule has 0 bridgehead atoms. The van der Waals surface area contributed by atoms with E-state index in [0.29, 0.717) is 60.7 Å². The third-order valence-electron chi connectivity index (χ3n) is 8.36. The average molecular weight is 684 g/mol. The molecule has 4 aromatic rings. The maximum atomic E-state index is 13.9. The molecule has 0 saturated carbocycles. The van der Waals surface area contributed by atoms with Crippen molar-refractivity contribution in [2.24, 2.45) is 5.73 Å². The number of carbonyl (C=O) groups excluding carboxylic acids is 2. The predicted octanol–water partition coefficient (Wildman–Crippen LogP) is 6.93. The lowest BCUT2D eigenvalue weighted by Crippen LogP contribution is -2.33. The third kappa shape index (κ3) is 9.40. The Balaban J connectivity index is 1.31. The van der Waals surface area contributed by atoms with Gasteiger partial charge in [-0.1, -0.05) is 73.3 Å². The molecular formula is C39H40F3N5O3. The highest BCUT2D eigenvalue weighted by molar-refractivity contribution is 5.99. The topological polar surface area (TPSA) is 114 Å². The summed E-state index contributed by atoms with van der Waals surface area (Å²) in [5.74, 6) is -0.698. The van der Waals surface area contributed by atoms with Crippen LogP contribution < -0.4 is 16.8 Å². The van der Waals surface area contributed by atoms with E-state index in [1.807, 2.05) is 30.3 Å². The van der Waals surface area contributed by atoms with Crippen molar-refractivity contribution in [3.63, 3.8) is 0 Å². The molecule has 1 atom stereocenters. The number of anilines is 2. The van der Waals surface area contributed by atoms with Crippen molar-refractivity contribution >= 4 is 23.3 Å². The van der Waals surface area contributed by atoms with Crippen LogP contribution in [0, 0.1) is 0 Å². The number of rotatable bonds is 15. The van der Waals surface area contributed by atoms with Crippen molar-refractivity contribution < 1.29 is 27.5 Å². The number of amides is 1. The molecule has 50 heavy (non-hydrogen) atoms. The Bertz CT molecular complexity index is 1810. The summed E-state index contributed by atoms with van der Waals surface area (Å²) in [5.41, 5.74) is 16.4. The summed E-state index contributed by atoms with van der Waals surface area (Å²) < 4.78 is 45.6. The number of nitrogens with zero attached hydrogens (tertiary/aromatic N) is 2. The zero-order valence-electron chi connectivity index (χ0n) is 27.5. The van der Waals surface area contributed by atoms with E-state index in [2.05, 4.69) is 28.9 Å². The number of carbonyl (C=O) groups is 2. The second-order valence-electron chi connectivity index (χ2n) is 12.1. The Morgan fingerprint density at radius 3 is 2.30 bits per heavy atom. The molecule has 0 radical (unpaired) electrons. The van der Waals surface area contributed by atoms with Crippen molar-refractivity contribution in [2.75, 3.05) is 37.3 Å². The Morgan fingerprint density at radius 1 is 0.960 bits per heavy atom. The van der Waals surface area contributed by atoms with Gasteiger partial charge in [-0.05, 0) is 65.6 Å². The summed E-state index contributed by atoms with van der Waals surface area (Å²) in [6.07, 6.45) is -2.38. The van der Waals surface area contributed by atoms with Gasteiger partial charge in [-0.25, -0.2) is 4.79 Å². The number of hydrogen-bond donors (Lipinski definition) is 3. The molecule has 1 aliphatic rings. The molecule has 8 nitrogen and oxygen atoms in total. The molecule has 0 aromatic heterocycles. The quantitative estimate of drug-likeness (QED) is 0.0708. The minimum absolute atomic E-state index is 0.137. The predicted molar refractivity (Wildman–Crippen MR) is 189 cm³/mol. The maximum Gasteiger partial charge on any atom is 0.416 e. The Morgan fingerprint density at radius 2 is 1.64 bits per heavy atom. The number of alkyl halides is 3. The summed E-state index contributed by atoms with van der Waals surface area (Å²) >= 11 is 0. The highest BCUT2D eigenvalue weighted by atomic mass is 19.4. The average Bonchev–Trinajstić information content (AvgIpc) is 3.41. The minimum Gasteiger partial charge on any atom is -0.458 e. The van der Waals surface area contributed by atoms with Crippen LogP contribution >= 0.6 is 0 Å². The number of halogens is 3. The van der Waals surface area contributed by atoms with Gasteiger partial charge in [-0.15, -0.1) is 0 Å². The first-order chi connectivity index (χ1) is 24.0. The summed E-state index contributed by atoms with van der Waals surface area (Å²) in [7, 11) is 0. The van der Waals surface area contributed by atoms with Crippen LogP contribution in [0.4, 0.5) is 24.5 Å². The van der Waals surface area contributed by atoms with Gasteiger partial charge in [-0.2, -0.15) is 13.2 Å². The third-order valence-corrected chi connectivity index (χ3v) is 8.36. The summed E-state index contributed by atoms with van der Waals surface area (Å²) in [6, 6.07) is 28.2. The van der Waals surface area contributed by atoms with E-state index in [0.717, 1.165) is 23.3 Å². The summed E-state index contributed by atoms with van der Waals surface area (Å²) in [5, 5.41) is 3.08. The first-order valence-electron chi connectivity index (χ1n) is 16.2. The minimum atomic E-state index is -4.52. The highest BCUT2D eigenvalue weighted by Crippen LogP contribution is 2.34. The Labute approximate surface area is 289 Å². The largest absolute Gasteiger partial charge is 0.458 e. The lowest BCUT2D eigenvalue weighted by atomic mass is 9.98. The number of ether oxygens (including phenoxy) is 1. The van der Waals surface area contributed by atoms with Crippen LogP contribution in [0.2, 0.25) is 0 Å². The first kappa shape index (κ1) is 35.9. The zero-order valence-corrected chi connectivity index (χ0v) is 27.5. The van der Waals surface area contributed by atoms with Crippen LogP contribution in [0.1, 0.15) is 45.1 Å². The number of nitrogen functional groups attached to an aromatic ring is 1. The lowest BCUT2D eigenvalue weighted by molar-refractivity contribution is -0.137. The molecule has 11 heteroatoms. The summed E-state index contributed by atoms with van der Waals surface area (Å²) in [4.78, 5) is 30.1. The van der Waals surface area contributed by atoms with E-state index >= 15 is 0 Å². The highest BCUT2D eigenvalue weighted by Gasteiger charge is 2.35. The second kappa shape index (κ2) is 16.3. The second-order valence-corrected chi connectivity index (χ2v) is 12.1. The van der Waals surface area contributed by atoms with Crippen LogP contribution in [0.15, 0.2) is 127 Å². The van der Waals surface area contributed by atoms with Gasteiger partial charge < -0.3 is 26.4 Å². The fourth-order valence-corrected chi connectivity index (χ4v) is 5.84. The van der Waals surface area contributed by atoms with Gasteiger partial charge in [-0.3, -0.25) is 9.69 Å². The van der Waals surface area contributed by atoms with Gasteiger partial charge in [0.1, 0.15) is 6.61 Å². The van der Waals surface area contributed by atoms with Crippen molar-refractivity contribution in [1.29, 1.82) is 0 Å². The molecule has 1 heterocycles. The van der Waals surface area contributed by atoms with E-state index < -0.39 is 23.8 Å². The number of benzene rings is 4. The number of nitrogens with one attached hydrogen (secondary N) is 1. The van der Waals surface area contributed by atoms with Crippen LogP contribution in [0.25, 0.3) is 0 Å². The molecule has 1 aliphatic heterocycles. The van der Waals surface area contributed by atoms with Crippen LogP contribution in [0.3, 0.4) is 0 Å². The van der Waals surface area contributed by atoms with Gasteiger partial charge in [0.05, 0.1) is 29.3 Å². The molecule has 0 fully saturated rings. The van der Waals surface area contributed by atoms with Crippen LogP contribution in [-0.4, -0.2) is 47.9 Å². The Kier molecular flexibility index (Phi) is 11.7. The number of hydrogen-bond acceptors (Lipinski definition) is 7. The normalized spacial score (nSPS) is 13.9. The molecule has 1 amide bonds. The van der Waals surface area contributed by atoms with Gasteiger partial charge in [0, 0.05) is 43.3 Å². The first-order valence-corrected chi connectivity index (χ1v) is 16.2. The van der Waals surface area contributed by atoms with Crippen molar-refractivity contribution in [1.82, 2.24) is 9.80 Å². The molecule has 0 saturated heterocycles. The molecule has 0 spiro atoms. The van der Waals surface area contributed by atoms with Gasteiger partial charge in [0.2, 0.25) is 0 Å². The van der Waals surface area contributed by atoms with Crippen molar-refractivity contribution in [3.05, 3.63) is 155 Å². The van der Waals surface area contributed by atoms with E-state index in [9.17, 15) is 22.8 Å². The zero-order chi connectivity index (χ0) is 35.7. The SMILES string of the molecule is C=CCOC(=O)c1ccc(CN(CCCN2CC(Nc3cccc(C(F)(F)F)c3)=C([C@H](N)c3ccc(N)cc3)C2=O)Cc2ccccc2)cc1. The van der Waals surface area contributed by atoms with Crippen molar-refractivity contribution in [3.8, 4) is 0 Å². The standard InChI is InChI=1S/C39H40F3N5O3/c1-2-22-50-38(49)30-14-12-28(13-15-30)25-46(24-27-8-4-3-5-9-27)20-7-21-47-26-34(45-33-11-6-10-31(23-33)39(40,41)42)35(37(47)48)36(44)29-16-18-32(43)19-17-29/h2-6,8-19,23,36,45H,1,7,20-22,24-26,43-44H2/t36-/m1/s1. The molecular weight excluding hydrogens is 643 g/mol.